The standard InChI is InChI=1S/C24H27N7O4/c1-16-21(18-11-17(12-25)23(34-3)26-13-18)29-31(20-7-5-4-6-8-20)22(16)28-24(32)27-19-14-30(35-15-19)9-10-33-2/h4-8,11,13,19H,9-10,14-15H2,1-3H3,(H2,27,28,32)/t19-/m1/s1. The van der Waals surface area contributed by atoms with Gasteiger partial charge in [0.2, 0.25) is 5.88 Å². The van der Waals surface area contributed by atoms with Crippen LogP contribution in [0.3, 0.4) is 0 Å². The molecule has 11 nitrogen and oxygen atoms in total. The number of amides is 2. The third kappa shape index (κ3) is 5.41. The quantitative estimate of drug-likeness (QED) is 0.507. The highest BCUT2D eigenvalue weighted by molar-refractivity contribution is 5.91. The smallest absolute Gasteiger partial charge is 0.320 e. The van der Waals surface area contributed by atoms with Crippen molar-refractivity contribution >= 4 is 11.8 Å². The summed E-state index contributed by atoms with van der Waals surface area (Å²) in [6.45, 7) is 3.98. The Morgan fingerprint density at radius 1 is 1.31 bits per heavy atom. The Morgan fingerprint density at radius 2 is 2.11 bits per heavy atom. The van der Waals surface area contributed by atoms with Crippen molar-refractivity contribution in [3.63, 3.8) is 0 Å². The summed E-state index contributed by atoms with van der Waals surface area (Å²) in [4.78, 5) is 22.7. The van der Waals surface area contributed by atoms with E-state index in [9.17, 15) is 10.1 Å². The number of ether oxygens (including phenoxy) is 2. The number of benzene rings is 1. The van der Waals surface area contributed by atoms with E-state index in [4.69, 9.17) is 19.4 Å². The third-order valence-corrected chi connectivity index (χ3v) is 5.56. The van der Waals surface area contributed by atoms with E-state index in [-0.39, 0.29) is 18.0 Å². The van der Waals surface area contributed by atoms with Gasteiger partial charge in [0, 0.05) is 37.5 Å². The van der Waals surface area contributed by atoms with E-state index in [2.05, 4.69) is 21.7 Å². The van der Waals surface area contributed by atoms with Gasteiger partial charge in [0.15, 0.2) is 0 Å². The molecule has 0 unspecified atom stereocenters. The summed E-state index contributed by atoms with van der Waals surface area (Å²) in [5.74, 6) is 0.751. The Labute approximate surface area is 203 Å². The van der Waals surface area contributed by atoms with Crippen molar-refractivity contribution in [3.8, 4) is 28.9 Å². The number of carbonyl (C=O) groups is 1. The van der Waals surface area contributed by atoms with E-state index >= 15 is 0 Å². The fourth-order valence-electron chi connectivity index (χ4n) is 3.81. The molecule has 4 rings (SSSR count). The first-order chi connectivity index (χ1) is 17.0. The van der Waals surface area contributed by atoms with Gasteiger partial charge in [-0.2, -0.15) is 15.4 Å². The van der Waals surface area contributed by atoms with Gasteiger partial charge < -0.3 is 14.8 Å². The number of hydrogen-bond donors (Lipinski definition) is 2. The second-order valence-electron chi connectivity index (χ2n) is 7.93. The second kappa shape index (κ2) is 11.0. The van der Waals surface area contributed by atoms with Crippen LogP contribution in [-0.4, -0.2) is 72.4 Å². The van der Waals surface area contributed by atoms with Gasteiger partial charge in [0.05, 0.1) is 37.7 Å². The molecule has 3 heterocycles. The van der Waals surface area contributed by atoms with E-state index in [1.54, 1.807) is 29.1 Å². The molecule has 0 spiro atoms. The zero-order valence-electron chi connectivity index (χ0n) is 19.8. The minimum atomic E-state index is -0.371. The molecule has 0 bridgehead atoms. The molecule has 1 aromatic carbocycles. The first-order valence-electron chi connectivity index (χ1n) is 11.1. The molecule has 35 heavy (non-hydrogen) atoms. The van der Waals surface area contributed by atoms with Crippen molar-refractivity contribution in [2.45, 2.75) is 13.0 Å². The molecule has 1 aliphatic heterocycles. The van der Waals surface area contributed by atoms with Crippen molar-refractivity contribution in [2.75, 3.05) is 45.8 Å². The highest BCUT2D eigenvalue weighted by atomic mass is 16.7. The molecule has 3 aromatic rings. The number of rotatable bonds is 8. The summed E-state index contributed by atoms with van der Waals surface area (Å²) in [6.07, 6.45) is 1.60. The molecular formula is C24H27N7O4. The topological polar surface area (TPSA) is 127 Å². The van der Waals surface area contributed by atoms with E-state index < -0.39 is 0 Å². The maximum Gasteiger partial charge on any atom is 0.320 e. The Bertz CT molecular complexity index is 1220. The van der Waals surface area contributed by atoms with E-state index in [1.807, 2.05) is 37.3 Å². The van der Waals surface area contributed by atoms with Gasteiger partial charge >= 0.3 is 6.03 Å². The minimum Gasteiger partial charge on any atom is -0.480 e. The lowest BCUT2D eigenvalue weighted by Crippen LogP contribution is -2.41. The molecule has 1 fully saturated rings. The van der Waals surface area contributed by atoms with Gasteiger partial charge in [-0.1, -0.05) is 18.2 Å². The monoisotopic (exact) mass is 477 g/mol. The van der Waals surface area contributed by atoms with Crippen LogP contribution in [-0.2, 0) is 9.57 Å². The van der Waals surface area contributed by atoms with Crippen LogP contribution in [0.1, 0.15) is 11.1 Å². The van der Waals surface area contributed by atoms with Crippen LogP contribution in [0.4, 0.5) is 10.6 Å². The summed E-state index contributed by atoms with van der Waals surface area (Å²) < 4.78 is 11.9. The summed E-state index contributed by atoms with van der Waals surface area (Å²) in [7, 11) is 3.10. The summed E-state index contributed by atoms with van der Waals surface area (Å²) in [5.41, 5.74) is 3.02. The third-order valence-electron chi connectivity index (χ3n) is 5.56. The maximum absolute atomic E-state index is 12.9. The molecule has 0 saturated carbocycles. The van der Waals surface area contributed by atoms with Gasteiger partial charge in [0.25, 0.3) is 0 Å². The van der Waals surface area contributed by atoms with Crippen LogP contribution in [0.25, 0.3) is 16.9 Å². The molecule has 1 atom stereocenters. The van der Waals surface area contributed by atoms with Crippen LogP contribution in [0.15, 0.2) is 42.6 Å². The van der Waals surface area contributed by atoms with Crippen LogP contribution < -0.4 is 15.4 Å². The zero-order valence-corrected chi connectivity index (χ0v) is 19.8. The number of urea groups is 1. The minimum absolute atomic E-state index is 0.163. The van der Waals surface area contributed by atoms with Gasteiger partial charge in [0.1, 0.15) is 17.5 Å². The summed E-state index contributed by atoms with van der Waals surface area (Å²) in [5, 5.41) is 21.9. The lowest BCUT2D eigenvalue weighted by atomic mass is 10.1. The maximum atomic E-state index is 12.9. The number of pyridine rings is 1. The fraction of sp³-hybridized carbons (Fsp3) is 0.333. The van der Waals surface area contributed by atoms with E-state index in [0.29, 0.717) is 48.9 Å². The lowest BCUT2D eigenvalue weighted by Gasteiger charge is -2.15. The molecular weight excluding hydrogens is 450 g/mol. The van der Waals surface area contributed by atoms with Crippen molar-refractivity contribution < 1.29 is 19.1 Å². The highest BCUT2D eigenvalue weighted by Gasteiger charge is 2.26. The predicted octanol–water partition coefficient (Wildman–Crippen LogP) is 2.51. The van der Waals surface area contributed by atoms with Crippen LogP contribution in [0.2, 0.25) is 0 Å². The zero-order chi connectivity index (χ0) is 24.8. The molecule has 2 amide bonds. The number of nitrogens with one attached hydrogen (secondary N) is 2. The summed E-state index contributed by atoms with van der Waals surface area (Å²) >= 11 is 0. The number of aromatic nitrogens is 3. The Kier molecular flexibility index (Phi) is 7.57. The highest BCUT2D eigenvalue weighted by Crippen LogP contribution is 2.31. The van der Waals surface area contributed by atoms with Crippen molar-refractivity contribution in [1.29, 1.82) is 5.26 Å². The van der Waals surface area contributed by atoms with Gasteiger partial charge in [-0.15, -0.1) is 0 Å². The summed E-state index contributed by atoms with van der Waals surface area (Å²) in [6, 6.07) is 12.7. The average molecular weight is 478 g/mol. The molecule has 2 N–H and O–H groups in total. The van der Waals surface area contributed by atoms with Crippen molar-refractivity contribution in [3.05, 3.63) is 53.7 Å². The first kappa shape index (κ1) is 24.2. The molecule has 0 radical (unpaired) electrons. The van der Waals surface area contributed by atoms with Gasteiger partial charge in [-0.25, -0.2) is 14.5 Å². The number of hydrogen-bond acceptors (Lipinski definition) is 8. The molecule has 182 valence electrons. The molecule has 1 saturated heterocycles. The largest absolute Gasteiger partial charge is 0.480 e. The van der Waals surface area contributed by atoms with Crippen LogP contribution >= 0.6 is 0 Å². The molecule has 11 heteroatoms. The average Bonchev–Trinajstić information content (AvgIpc) is 3.46. The number of anilines is 1. The molecule has 0 aliphatic carbocycles. The van der Waals surface area contributed by atoms with Gasteiger partial charge in [-0.3, -0.25) is 10.2 Å². The Hall–Kier alpha value is -3.98. The van der Waals surface area contributed by atoms with Crippen molar-refractivity contribution in [1.82, 2.24) is 25.1 Å². The number of carbonyl (C=O) groups excluding carboxylic acids is 1. The number of para-hydroxylation sites is 1. The van der Waals surface area contributed by atoms with E-state index in [0.717, 1.165) is 11.3 Å². The lowest BCUT2D eigenvalue weighted by molar-refractivity contribution is -0.118. The normalized spacial score (nSPS) is 15.5. The Morgan fingerprint density at radius 3 is 2.83 bits per heavy atom. The van der Waals surface area contributed by atoms with Crippen molar-refractivity contribution in [2.24, 2.45) is 0 Å². The Balaban J connectivity index is 1.61. The van der Waals surface area contributed by atoms with Crippen LogP contribution in [0, 0.1) is 18.3 Å². The molecule has 1 aliphatic rings. The van der Waals surface area contributed by atoms with E-state index in [1.165, 1.54) is 7.11 Å². The number of nitriles is 1. The van der Waals surface area contributed by atoms with Gasteiger partial charge in [-0.05, 0) is 25.1 Å². The number of methoxy groups -OCH3 is 2. The number of hydroxylamine groups is 2. The second-order valence-corrected chi connectivity index (χ2v) is 7.93. The molecule has 2 aromatic heterocycles. The predicted molar refractivity (Wildman–Crippen MR) is 128 cm³/mol. The fourth-order valence-corrected chi connectivity index (χ4v) is 3.81. The van der Waals surface area contributed by atoms with Crippen LogP contribution in [0.5, 0.6) is 5.88 Å². The number of nitrogens with zero attached hydrogens (tertiary/aromatic N) is 5. The SMILES string of the molecule is COCCN1C[C@@H](NC(=O)Nc2c(C)c(-c3cnc(OC)c(C#N)c3)nn2-c2ccccc2)CO1. The first-order valence-corrected chi connectivity index (χ1v) is 11.1.